The Labute approximate surface area is 90.1 Å². The van der Waals surface area contributed by atoms with Crippen molar-refractivity contribution in [1.82, 2.24) is 0 Å². The van der Waals surface area contributed by atoms with Crippen LogP contribution in [0.15, 0.2) is 29.2 Å². The number of aliphatic hydroxyl groups is 1. The maximum absolute atomic E-state index is 12.5. The molecular weight excluding hydrogens is 219 g/mol. The zero-order valence-corrected chi connectivity index (χ0v) is 8.96. The molecule has 0 saturated heterocycles. The van der Waals surface area contributed by atoms with Gasteiger partial charge in [0.25, 0.3) is 0 Å². The van der Waals surface area contributed by atoms with E-state index in [0.717, 1.165) is 0 Å². The van der Waals surface area contributed by atoms with E-state index in [1.54, 1.807) is 0 Å². The SMILES string of the molecule is CC(O)(C=O)C[S+]([O-])c1ccc(F)cc1. The smallest absolute Gasteiger partial charge is 0.161 e. The summed E-state index contributed by atoms with van der Waals surface area (Å²) in [5.41, 5.74) is -1.61. The van der Waals surface area contributed by atoms with Crippen molar-refractivity contribution in [3.8, 4) is 0 Å². The van der Waals surface area contributed by atoms with Crippen LogP contribution in [0.4, 0.5) is 4.39 Å². The van der Waals surface area contributed by atoms with Crippen molar-refractivity contribution in [1.29, 1.82) is 0 Å². The summed E-state index contributed by atoms with van der Waals surface area (Å²) in [6, 6.07) is 5.10. The van der Waals surface area contributed by atoms with Crippen molar-refractivity contribution in [3.63, 3.8) is 0 Å². The molecule has 0 heterocycles. The van der Waals surface area contributed by atoms with Crippen LogP contribution in [-0.4, -0.2) is 27.3 Å². The molecule has 0 spiro atoms. The highest BCUT2D eigenvalue weighted by Gasteiger charge is 2.27. The van der Waals surface area contributed by atoms with E-state index < -0.39 is 22.6 Å². The van der Waals surface area contributed by atoms with Gasteiger partial charge in [0.1, 0.15) is 11.6 Å². The van der Waals surface area contributed by atoms with Crippen LogP contribution in [0.3, 0.4) is 0 Å². The number of rotatable bonds is 4. The van der Waals surface area contributed by atoms with Crippen LogP contribution < -0.4 is 0 Å². The second kappa shape index (κ2) is 4.74. The van der Waals surface area contributed by atoms with E-state index in [4.69, 9.17) is 0 Å². The van der Waals surface area contributed by atoms with Gasteiger partial charge in [-0.25, -0.2) is 4.39 Å². The monoisotopic (exact) mass is 230 g/mol. The number of halogens is 1. The first-order valence-electron chi connectivity index (χ1n) is 4.27. The molecule has 0 fully saturated rings. The molecule has 1 aromatic rings. The van der Waals surface area contributed by atoms with Gasteiger partial charge in [0.2, 0.25) is 0 Å². The van der Waals surface area contributed by atoms with E-state index in [9.17, 15) is 18.8 Å². The topological polar surface area (TPSA) is 60.4 Å². The van der Waals surface area contributed by atoms with Gasteiger partial charge >= 0.3 is 0 Å². The predicted octanol–water partition coefficient (Wildman–Crippen LogP) is 0.883. The minimum atomic E-state index is -1.61. The van der Waals surface area contributed by atoms with Crippen LogP contribution in [0.5, 0.6) is 0 Å². The van der Waals surface area contributed by atoms with Crippen LogP contribution >= 0.6 is 0 Å². The molecule has 0 aliphatic carbocycles. The Kier molecular flexibility index (Phi) is 3.84. The van der Waals surface area contributed by atoms with Crippen molar-refractivity contribution in [3.05, 3.63) is 30.1 Å². The van der Waals surface area contributed by atoms with Gasteiger partial charge in [0.05, 0.1) is 0 Å². The molecular formula is C10H11FO3S. The second-order valence-electron chi connectivity index (χ2n) is 3.42. The first-order chi connectivity index (χ1) is 6.94. The molecule has 1 rings (SSSR count). The van der Waals surface area contributed by atoms with E-state index in [0.29, 0.717) is 11.2 Å². The highest BCUT2D eigenvalue weighted by molar-refractivity contribution is 7.91. The molecule has 0 bridgehead atoms. The highest BCUT2D eigenvalue weighted by Crippen LogP contribution is 2.15. The van der Waals surface area contributed by atoms with Gasteiger partial charge in [-0.3, -0.25) is 4.79 Å². The van der Waals surface area contributed by atoms with Crippen molar-refractivity contribution in [2.45, 2.75) is 17.4 Å². The summed E-state index contributed by atoms with van der Waals surface area (Å²) in [5, 5.41) is 9.37. The van der Waals surface area contributed by atoms with Crippen LogP contribution in [-0.2, 0) is 16.0 Å². The lowest BCUT2D eigenvalue weighted by atomic mass is 10.2. The number of benzene rings is 1. The lowest BCUT2D eigenvalue weighted by Gasteiger charge is -2.18. The largest absolute Gasteiger partial charge is 0.611 e. The number of aldehydes is 1. The summed E-state index contributed by atoms with van der Waals surface area (Å²) in [6.45, 7) is 1.28. The Balaban J connectivity index is 2.73. The molecule has 3 nitrogen and oxygen atoms in total. The summed E-state index contributed by atoms with van der Waals surface area (Å²) < 4.78 is 24.1. The quantitative estimate of drug-likeness (QED) is 0.617. The molecule has 2 atom stereocenters. The summed E-state index contributed by atoms with van der Waals surface area (Å²) >= 11 is -1.51. The zero-order valence-electron chi connectivity index (χ0n) is 8.14. The molecule has 0 aliphatic heterocycles. The summed E-state index contributed by atoms with van der Waals surface area (Å²) in [6.07, 6.45) is 0.342. The molecule has 0 saturated carbocycles. The van der Waals surface area contributed by atoms with Gasteiger partial charge < -0.3 is 9.66 Å². The Morgan fingerprint density at radius 3 is 2.53 bits per heavy atom. The second-order valence-corrected chi connectivity index (χ2v) is 4.87. The molecule has 2 unspecified atom stereocenters. The molecule has 0 aliphatic rings. The van der Waals surface area contributed by atoms with Crippen LogP contribution in [0.25, 0.3) is 0 Å². The molecule has 15 heavy (non-hydrogen) atoms. The van der Waals surface area contributed by atoms with Crippen molar-refractivity contribution in [2.24, 2.45) is 0 Å². The maximum Gasteiger partial charge on any atom is 0.161 e. The van der Waals surface area contributed by atoms with Gasteiger partial charge in [0, 0.05) is 0 Å². The van der Waals surface area contributed by atoms with Gasteiger partial charge in [-0.05, 0) is 42.4 Å². The Bertz CT molecular complexity index is 337. The average Bonchev–Trinajstić information content (AvgIpc) is 2.18. The van der Waals surface area contributed by atoms with Crippen molar-refractivity contribution < 1.29 is 18.8 Å². The molecule has 0 amide bonds. The number of hydrogen-bond donors (Lipinski definition) is 1. The molecule has 0 aromatic heterocycles. The minimum Gasteiger partial charge on any atom is -0.611 e. The van der Waals surface area contributed by atoms with Crippen molar-refractivity contribution >= 4 is 17.5 Å². The minimum absolute atomic E-state index is 0.192. The summed E-state index contributed by atoms with van der Waals surface area (Å²) in [4.78, 5) is 10.8. The van der Waals surface area contributed by atoms with Gasteiger partial charge in [0.15, 0.2) is 16.8 Å². The fourth-order valence-electron chi connectivity index (χ4n) is 0.969. The zero-order chi connectivity index (χ0) is 11.5. The molecule has 1 N–H and O–H groups in total. The van der Waals surface area contributed by atoms with Crippen LogP contribution in [0, 0.1) is 5.82 Å². The first-order valence-corrected chi connectivity index (χ1v) is 5.59. The van der Waals surface area contributed by atoms with E-state index in [2.05, 4.69) is 0 Å². The van der Waals surface area contributed by atoms with E-state index in [-0.39, 0.29) is 5.75 Å². The third kappa shape index (κ3) is 3.62. The highest BCUT2D eigenvalue weighted by atomic mass is 32.2. The van der Waals surface area contributed by atoms with Crippen molar-refractivity contribution in [2.75, 3.05) is 5.75 Å². The van der Waals surface area contributed by atoms with Crippen LogP contribution in [0.2, 0.25) is 0 Å². The molecule has 5 heteroatoms. The lowest BCUT2D eigenvalue weighted by molar-refractivity contribution is -0.120. The van der Waals surface area contributed by atoms with E-state index >= 15 is 0 Å². The fraction of sp³-hybridized carbons (Fsp3) is 0.300. The lowest BCUT2D eigenvalue weighted by Crippen LogP contribution is -2.35. The molecule has 0 radical (unpaired) electrons. The third-order valence-electron chi connectivity index (χ3n) is 1.75. The fourth-order valence-corrected chi connectivity index (χ4v) is 2.17. The maximum atomic E-state index is 12.5. The molecule has 1 aromatic carbocycles. The summed E-state index contributed by atoms with van der Waals surface area (Å²) in [7, 11) is 0. The Hall–Kier alpha value is -0.910. The van der Waals surface area contributed by atoms with E-state index in [1.807, 2.05) is 0 Å². The predicted molar refractivity (Wildman–Crippen MR) is 54.4 cm³/mol. The van der Waals surface area contributed by atoms with Gasteiger partial charge in [-0.1, -0.05) is 0 Å². The average molecular weight is 230 g/mol. The van der Waals surface area contributed by atoms with Crippen LogP contribution in [0.1, 0.15) is 6.92 Å². The standard InChI is InChI=1S/C10H11FO3S/c1-10(13,6-12)7-15(14)9-4-2-8(11)3-5-9/h2-6,13H,7H2,1H3. The van der Waals surface area contributed by atoms with E-state index in [1.165, 1.54) is 31.2 Å². The van der Waals surface area contributed by atoms with Gasteiger partial charge in [-0.2, -0.15) is 0 Å². The molecule has 82 valence electrons. The summed E-state index contributed by atoms with van der Waals surface area (Å²) in [5.74, 6) is -0.611. The first kappa shape index (κ1) is 12.2. The normalized spacial score (nSPS) is 16.8. The number of carbonyl (C=O) groups excluding carboxylic acids is 1. The third-order valence-corrected chi connectivity index (χ3v) is 3.40. The Morgan fingerprint density at radius 1 is 1.53 bits per heavy atom. The van der Waals surface area contributed by atoms with Gasteiger partial charge in [-0.15, -0.1) is 0 Å². The number of carbonyl (C=O) groups is 1. The Morgan fingerprint density at radius 2 is 2.07 bits per heavy atom. The number of hydrogen-bond acceptors (Lipinski definition) is 3.